The quantitative estimate of drug-likeness (QED) is 0.303. The summed E-state index contributed by atoms with van der Waals surface area (Å²) in [4.78, 5) is 80.3. The summed E-state index contributed by atoms with van der Waals surface area (Å²) in [6, 6.07) is 0. The van der Waals surface area contributed by atoms with Crippen LogP contribution in [0.5, 0.6) is 0 Å². The zero-order valence-corrected chi connectivity index (χ0v) is 23.6. The van der Waals surface area contributed by atoms with Gasteiger partial charge in [-0.15, -0.1) is 0 Å². The van der Waals surface area contributed by atoms with Gasteiger partial charge in [0.25, 0.3) is 0 Å². The number of hydrogen-bond donors (Lipinski definition) is 2. The van der Waals surface area contributed by atoms with Gasteiger partial charge in [0, 0.05) is 13.1 Å². The lowest BCUT2D eigenvalue weighted by Gasteiger charge is -2.28. The molecule has 12 heteroatoms. The number of unbranched alkanes of at least 4 members (excludes halogenated alkanes) is 4. The van der Waals surface area contributed by atoms with Crippen molar-refractivity contribution in [1.29, 1.82) is 0 Å². The Hall–Kier alpha value is -3.18. The Labute approximate surface area is 225 Å². The molecule has 0 bridgehead atoms. The predicted molar refractivity (Wildman–Crippen MR) is 141 cm³/mol. The SMILES string of the molecule is CCCCCN1CC(=O)NCC(=O)N(CC(=O)OC(C)(C)C)CC(=O)N(CCCCC)CC(=O)NCC1=O. The van der Waals surface area contributed by atoms with Crippen LogP contribution in [0.1, 0.15) is 73.1 Å². The first-order valence-corrected chi connectivity index (χ1v) is 13.4. The van der Waals surface area contributed by atoms with Crippen LogP contribution in [0.3, 0.4) is 0 Å². The number of ether oxygens (including phenoxy) is 1. The minimum Gasteiger partial charge on any atom is -0.459 e. The van der Waals surface area contributed by atoms with E-state index in [4.69, 9.17) is 4.74 Å². The highest BCUT2D eigenvalue weighted by molar-refractivity contribution is 5.94. The van der Waals surface area contributed by atoms with E-state index in [9.17, 15) is 28.8 Å². The van der Waals surface area contributed by atoms with Crippen molar-refractivity contribution in [2.75, 3.05) is 52.4 Å². The number of rotatable bonds is 10. The van der Waals surface area contributed by atoms with E-state index in [2.05, 4.69) is 10.6 Å². The summed E-state index contributed by atoms with van der Waals surface area (Å²) >= 11 is 0. The fourth-order valence-electron chi connectivity index (χ4n) is 3.74. The molecule has 1 rings (SSSR count). The average Bonchev–Trinajstić information content (AvgIpc) is 2.82. The molecule has 0 radical (unpaired) electrons. The second kappa shape index (κ2) is 16.6. The van der Waals surface area contributed by atoms with E-state index in [1.54, 1.807) is 20.8 Å². The van der Waals surface area contributed by atoms with Crippen molar-refractivity contribution in [2.45, 2.75) is 78.7 Å². The lowest BCUT2D eigenvalue weighted by atomic mass is 10.2. The zero-order valence-electron chi connectivity index (χ0n) is 23.6. The molecule has 0 atom stereocenters. The third kappa shape index (κ3) is 13.4. The van der Waals surface area contributed by atoms with Crippen LogP contribution in [-0.4, -0.2) is 108 Å². The van der Waals surface area contributed by atoms with Crippen molar-refractivity contribution in [1.82, 2.24) is 25.3 Å². The largest absolute Gasteiger partial charge is 0.459 e. The highest BCUT2D eigenvalue weighted by Gasteiger charge is 2.28. The van der Waals surface area contributed by atoms with Gasteiger partial charge in [0.05, 0.1) is 26.2 Å². The van der Waals surface area contributed by atoms with Gasteiger partial charge in [-0.1, -0.05) is 39.5 Å². The third-order valence-corrected chi connectivity index (χ3v) is 5.73. The molecule has 0 saturated carbocycles. The molecule has 216 valence electrons. The molecular weight excluding hydrogens is 494 g/mol. The molecule has 12 nitrogen and oxygen atoms in total. The van der Waals surface area contributed by atoms with E-state index >= 15 is 0 Å². The number of carbonyl (C=O) groups is 6. The first-order valence-electron chi connectivity index (χ1n) is 13.4. The maximum atomic E-state index is 13.2. The minimum atomic E-state index is -0.794. The summed E-state index contributed by atoms with van der Waals surface area (Å²) in [6.07, 6.45) is 4.86. The van der Waals surface area contributed by atoms with Gasteiger partial charge in [0.2, 0.25) is 29.5 Å². The van der Waals surface area contributed by atoms with Crippen molar-refractivity contribution in [3.63, 3.8) is 0 Å². The molecular formula is C26H45N5O7. The number of nitrogens with one attached hydrogen (secondary N) is 2. The number of carbonyl (C=O) groups excluding carboxylic acids is 6. The van der Waals surface area contributed by atoms with Gasteiger partial charge in [-0.3, -0.25) is 28.8 Å². The minimum absolute atomic E-state index is 0.278. The summed E-state index contributed by atoms with van der Waals surface area (Å²) in [5.41, 5.74) is -0.794. The molecule has 38 heavy (non-hydrogen) atoms. The summed E-state index contributed by atoms with van der Waals surface area (Å²) < 4.78 is 5.31. The molecule has 1 heterocycles. The fraction of sp³-hybridized carbons (Fsp3) is 0.769. The number of nitrogens with zero attached hydrogens (tertiary/aromatic N) is 3. The molecule has 5 amide bonds. The van der Waals surface area contributed by atoms with Crippen LogP contribution in [0.2, 0.25) is 0 Å². The molecule has 0 aliphatic carbocycles. The maximum absolute atomic E-state index is 13.2. The maximum Gasteiger partial charge on any atom is 0.326 e. The number of amides is 5. The van der Waals surface area contributed by atoms with Crippen LogP contribution in [0, 0.1) is 0 Å². The lowest BCUT2D eigenvalue weighted by molar-refractivity contribution is -0.159. The van der Waals surface area contributed by atoms with E-state index in [1.807, 2.05) is 13.8 Å². The van der Waals surface area contributed by atoms with Crippen LogP contribution in [0.15, 0.2) is 0 Å². The molecule has 0 aromatic carbocycles. The Balaban J connectivity index is 3.18. The van der Waals surface area contributed by atoms with E-state index < -0.39 is 60.7 Å². The Morgan fingerprint density at radius 3 is 1.61 bits per heavy atom. The van der Waals surface area contributed by atoms with Crippen molar-refractivity contribution in [2.24, 2.45) is 0 Å². The van der Waals surface area contributed by atoms with Crippen LogP contribution in [-0.2, 0) is 33.5 Å². The topological polar surface area (TPSA) is 145 Å². The molecule has 0 aromatic heterocycles. The van der Waals surface area contributed by atoms with Gasteiger partial charge < -0.3 is 30.1 Å². The summed E-state index contributed by atoms with van der Waals surface area (Å²) in [6.45, 7) is 7.40. The van der Waals surface area contributed by atoms with Gasteiger partial charge in [-0.2, -0.15) is 0 Å². The molecule has 1 aliphatic heterocycles. The summed E-state index contributed by atoms with van der Waals surface area (Å²) in [5.74, 6) is -3.40. The highest BCUT2D eigenvalue weighted by Crippen LogP contribution is 2.09. The number of hydrogen-bond acceptors (Lipinski definition) is 7. The summed E-state index contributed by atoms with van der Waals surface area (Å²) in [5, 5.41) is 5.03. The van der Waals surface area contributed by atoms with Crippen LogP contribution in [0.4, 0.5) is 0 Å². The van der Waals surface area contributed by atoms with Crippen molar-refractivity contribution >= 4 is 35.5 Å². The van der Waals surface area contributed by atoms with Crippen LogP contribution >= 0.6 is 0 Å². The Morgan fingerprint density at radius 1 is 0.711 bits per heavy atom. The predicted octanol–water partition coefficient (Wildman–Crippen LogP) is 0.440. The van der Waals surface area contributed by atoms with Crippen LogP contribution in [0.25, 0.3) is 0 Å². The first-order chi connectivity index (χ1) is 17.9. The van der Waals surface area contributed by atoms with Gasteiger partial charge >= 0.3 is 5.97 Å². The Kier molecular flexibility index (Phi) is 14.4. The standard InChI is InChI=1S/C26H45N5O7/c1-6-8-10-12-29-16-20(32)28-15-23(35)31(19-25(37)38-26(3,4)5)18-24(36)30(13-11-9-7-2)17-21(33)27-14-22(29)34/h6-19H2,1-5H3,(H,27,33)(H,28,32). The van der Waals surface area contributed by atoms with Gasteiger partial charge in [-0.05, 0) is 33.6 Å². The molecule has 2 N–H and O–H groups in total. The molecule has 0 aromatic rings. The average molecular weight is 540 g/mol. The van der Waals surface area contributed by atoms with Gasteiger partial charge in [0.1, 0.15) is 18.7 Å². The molecule has 0 spiro atoms. The van der Waals surface area contributed by atoms with Gasteiger partial charge in [0.15, 0.2) is 0 Å². The van der Waals surface area contributed by atoms with E-state index in [-0.39, 0.29) is 26.2 Å². The molecule has 1 fully saturated rings. The van der Waals surface area contributed by atoms with Crippen molar-refractivity contribution in [3.8, 4) is 0 Å². The second-order valence-electron chi connectivity index (χ2n) is 10.4. The first kappa shape index (κ1) is 32.8. The van der Waals surface area contributed by atoms with E-state index in [0.717, 1.165) is 30.6 Å². The Morgan fingerprint density at radius 2 is 1.16 bits per heavy atom. The van der Waals surface area contributed by atoms with Crippen molar-refractivity contribution < 1.29 is 33.5 Å². The summed E-state index contributed by atoms with van der Waals surface area (Å²) in [7, 11) is 0. The van der Waals surface area contributed by atoms with Gasteiger partial charge in [-0.25, -0.2) is 0 Å². The smallest absolute Gasteiger partial charge is 0.326 e. The second-order valence-corrected chi connectivity index (χ2v) is 10.4. The monoisotopic (exact) mass is 539 g/mol. The Bertz CT molecular complexity index is 840. The molecule has 1 aliphatic rings. The van der Waals surface area contributed by atoms with Crippen molar-refractivity contribution in [3.05, 3.63) is 0 Å². The normalized spacial score (nSPS) is 17.1. The molecule has 0 unspecified atom stereocenters. The highest BCUT2D eigenvalue weighted by atomic mass is 16.6. The zero-order chi connectivity index (χ0) is 28.7. The molecule has 1 saturated heterocycles. The third-order valence-electron chi connectivity index (χ3n) is 5.73. The lowest BCUT2D eigenvalue weighted by Crippen LogP contribution is -2.50. The van der Waals surface area contributed by atoms with E-state index in [0.29, 0.717) is 19.4 Å². The van der Waals surface area contributed by atoms with Crippen LogP contribution < -0.4 is 10.6 Å². The fourth-order valence-corrected chi connectivity index (χ4v) is 3.74. The van der Waals surface area contributed by atoms with E-state index in [1.165, 1.54) is 9.80 Å². The number of esters is 1.